The van der Waals surface area contributed by atoms with Crippen LogP contribution in [0.1, 0.15) is 31.4 Å². The molecule has 1 aromatic carbocycles. The maximum Gasteiger partial charge on any atom is 0.225 e. The van der Waals surface area contributed by atoms with Gasteiger partial charge in [-0.3, -0.25) is 9.59 Å². The van der Waals surface area contributed by atoms with Gasteiger partial charge in [-0.1, -0.05) is 30.7 Å². The minimum absolute atomic E-state index is 0.0287. The summed E-state index contributed by atoms with van der Waals surface area (Å²) in [6, 6.07) is 7.43. The zero-order valence-corrected chi connectivity index (χ0v) is 12.5. The van der Waals surface area contributed by atoms with Gasteiger partial charge in [-0.25, -0.2) is 0 Å². The molecule has 20 heavy (non-hydrogen) atoms. The molecule has 1 aromatic rings. The average Bonchev–Trinajstić information content (AvgIpc) is 2.76. The van der Waals surface area contributed by atoms with E-state index < -0.39 is 0 Å². The second-order valence-corrected chi connectivity index (χ2v) is 5.64. The maximum absolute atomic E-state index is 12.2. The largest absolute Gasteiger partial charge is 0.349 e. The zero-order chi connectivity index (χ0) is 14.7. The van der Waals surface area contributed by atoms with E-state index in [1.54, 1.807) is 11.9 Å². The molecule has 1 fully saturated rings. The third kappa shape index (κ3) is 3.31. The summed E-state index contributed by atoms with van der Waals surface area (Å²) in [7, 11) is 1.73. The monoisotopic (exact) mass is 294 g/mol. The first-order valence-corrected chi connectivity index (χ1v) is 7.19. The fourth-order valence-corrected chi connectivity index (χ4v) is 2.67. The number of nitrogens with one attached hydrogen (secondary N) is 1. The molecule has 0 aliphatic carbocycles. The predicted octanol–water partition coefficient (Wildman–Crippen LogP) is 2.39. The van der Waals surface area contributed by atoms with Crippen LogP contribution in [0.3, 0.4) is 0 Å². The highest BCUT2D eigenvalue weighted by molar-refractivity contribution is 6.30. The molecule has 4 nitrogen and oxygen atoms in total. The number of likely N-dealkylation sites (tertiary alicyclic amines) is 1. The minimum atomic E-state index is -0.249. The summed E-state index contributed by atoms with van der Waals surface area (Å²) in [5.41, 5.74) is 0.992. The van der Waals surface area contributed by atoms with Crippen molar-refractivity contribution >= 4 is 23.4 Å². The van der Waals surface area contributed by atoms with Crippen molar-refractivity contribution in [2.24, 2.45) is 5.92 Å². The van der Waals surface area contributed by atoms with Crippen molar-refractivity contribution in [1.82, 2.24) is 10.2 Å². The smallest absolute Gasteiger partial charge is 0.225 e. The van der Waals surface area contributed by atoms with Crippen LogP contribution in [0.2, 0.25) is 5.02 Å². The molecule has 0 spiro atoms. The van der Waals surface area contributed by atoms with Gasteiger partial charge in [0.15, 0.2) is 0 Å². The topological polar surface area (TPSA) is 49.4 Å². The van der Waals surface area contributed by atoms with Gasteiger partial charge in [0.1, 0.15) is 0 Å². The molecule has 1 aliphatic rings. The Morgan fingerprint density at radius 1 is 1.55 bits per heavy atom. The van der Waals surface area contributed by atoms with Crippen LogP contribution in [0.4, 0.5) is 0 Å². The van der Waals surface area contributed by atoms with E-state index in [1.165, 1.54) is 0 Å². The Kier molecular flexibility index (Phi) is 4.65. The molecule has 0 saturated carbocycles. The van der Waals surface area contributed by atoms with Gasteiger partial charge in [0.05, 0.1) is 12.0 Å². The molecule has 1 saturated heterocycles. The molecule has 108 valence electrons. The summed E-state index contributed by atoms with van der Waals surface area (Å²) >= 11 is 5.98. The highest BCUT2D eigenvalue weighted by Gasteiger charge is 2.32. The van der Waals surface area contributed by atoms with Gasteiger partial charge < -0.3 is 10.2 Å². The lowest BCUT2D eigenvalue weighted by Crippen LogP contribution is -2.34. The molecule has 0 bridgehead atoms. The van der Waals surface area contributed by atoms with Gasteiger partial charge in [0, 0.05) is 25.0 Å². The Hall–Kier alpha value is -1.55. The van der Waals surface area contributed by atoms with Crippen LogP contribution in [0, 0.1) is 5.92 Å². The van der Waals surface area contributed by atoms with E-state index in [2.05, 4.69) is 5.32 Å². The molecule has 5 heteroatoms. The summed E-state index contributed by atoms with van der Waals surface area (Å²) in [6.45, 7) is 2.51. The van der Waals surface area contributed by atoms with Crippen LogP contribution in [-0.2, 0) is 9.59 Å². The SMILES string of the molecule is CC[C@@H](NC(=O)[C@H]1CC(=O)N(C)C1)c1cccc(Cl)c1. The van der Waals surface area contributed by atoms with Crippen LogP contribution in [-0.4, -0.2) is 30.3 Å². The van der Waals surface area contributed by atoms with Crippen LogP contribution >= 0.6 is 11.6 Å². The van der Waals surface area contributed by atoms with Crippen LogP contribution in [0.15, 0.2) is 24.3 Å². The molecule has 1 N–H and O–H groups in total. The summed E-state index contributed by atoms with van der Waals surface area (Å²) in [5, 5.41) is 3.68. The quantitative estimate of drug-likeness (QED) is 0.927. The van der Waals surface area contributed by atoms with E-state index in [4.69, 9.17) is 11.6 Å². The standard InChI is InChI=1S/C15H19ClN2O2/c1-3-13(10-5-4-6-12(16)7-10)17-15(20)11-8-14(19)18(2)9-11/h4-7,11,13H,3,8-9H2,1-2H3,(H,17,20)/t11-,13+/m0/s1. The van der Waals surface area contributed by atoms with Crippen molar-refractivity contribution in [2.45, 2.75) is 25.8 Å². The second kappa shape index (κ2) is 6.27. The van der Waals surface area contributed by atoms with Crippen LogP contribution < -0.4 is 5.32 Å². The molecule has 1 heterocycles. The molecule has 2 rings (SSSR count). The lowest BCUT2D eigenvalue weighted by atomic mass is 10.0. The second-order valence-electron chi connectivity index (χ2n) is 5.20. The molecule has 2 amide bonds. The number of rotatable bonds is 4. The lowest BCUT2D eigenvalue weighted by Gasteiger charge is -2.20. The number of hydrogen-bond acceptors (Lipinski definition) is 2. The molecular weight excluding hydrogens is 276 g/mol. The first-order chi connectivity index (χ1) is 9.51. The van der Waals surface area contributed by atoms with E-state index in [1.807, 2.05) is 31.2 Å². The normalized spacial score (nSPS) is 20.1. The summed E-state index contributed by atoms with van der Waals surface area (Å²) in [6.07, 6.45) is 1.08. The first kappa shape index (κ1) is 14.9. The van der Waals surface area contributed by atoms with E-state index >= 15 is 0 Å². The summed E-state index contributed by atoms with van der Waals surface area (Å²) < 4.78 is 0. The van der Waals surface area contributed by atoms with Gasteiger partial charge >= 0.3 is 0 Å². The fourth-order valence-electron chi connectivity index (χ4n) is 2.47. The van der Waals surface area contributed by atoms with Gasteiger partial charge in [-0.15, -0.1) is 0 Å². The van der Waals surface area contributed by atoms with E-state index in [9.17, 15) is 9.59 Å². The molecule has 1 aliphatic heterocycles. The van der Waals surface area contributed by atoms with Gasteiger partial charge in [-0.2, -0.15) is 0 Å². The Morgan fingerprint density at radius 2 is 2.30 bits per heavy atom. The number of halogens is 1. The highest BCUT2D eigenvalue weighted by atomic mass is 35.5. The summed E-state index contributed by atoms with van der Waals surface area (Å²) in [5.74, 6) is -0.281. The Bertz CT molecular complexity index is 518. The number of carbonyl (C=O) groups is 2. The lowest BCUT2D eigenvalue weighted by molar-refractivity contribution is -0.128. The third-order valence-electron chi connectivity index (χ3n) is 3.69. The van der Waals surface area contributed by atoms with Crippen molar-refractivity contribution in [3.63, 3.8) is 0 Å². The maximum atomic E-state index is 12.2. The van der Waals surface area contributed by atoms with Gasteiger partial charge in [0.25, 0.3) is 0 Å². The van der Waals surface area contributed by atoms with Crippen molar-refractivity contribution in [1.29, 1.82) is 0 Å². The van der Waals surface area contributed by atoms with Gasteiger partial charge in [-0.05, 0) is 24.1 Å². The summed E-state index contributed by atoms with van der Waals surface area (Å²) in [4.78, 5) is 25.3. The Balaban J connectivity index is 2.03. The van der Waals surface area contributed by atoms with E-state index in [-0.39, 0.29) is 23.8 Å². The zero-order valence-electron chi connectivity index (χ0n) is 11.7. The molecule has 0 unspecified atom stereocenters. The fraction of sp³-hybridized carbons (Fsp3) is 0.467. The van der Waals surface area contributed by atoms with Crippen LogP contribution in [0.5, 0.6) is 0 Å². The first-order valence-electron chi connectivity index (χ1n) is 6.81. The third-order valence-corrected chi connectivity index (χ3v) is 3.92. The number of hydrogen-bond donors (Lipinski definition) is 1. The molecule has 0 aromatic heterocycles. The number of carbonyl (C=O) groups excluding carboxylic acids is 2. The van der Waals surface area contributed by atoms with E-state index in [0.717, 1.165) is 12.0 Å². The van der Waals surface area contributed by atoms with Gasteiger partial charge in [0.2, 0.25) is 11.8 Å². The van der Waals surface area contributed by atoms with Crippen molar-refractivity contribution in [2.75, 3.05) is 13.6 Å². The highest BCUT2D eigenvalue weighted by Crippen LogP contribution is 2.22. The molecule has 2 atom stereocenters. The molecular formula is C15H19ClN2O2. The van der Waals surface area contributed by atoms with Crippen molar-refractivity contribution in [3.05, 3.63) is 34.9 Å². The minimum Gasteiger partial charge on any atom is -0.349 e. The van der Waals surface area contributed by atoms with Crippen molar-refractivity contribution in [3.8, 4) is 0 Å². The Morgan fingerprint density at radius 3 is 2.85 bits per heavy atom. The average molecular weight is 295 g/mol. The van der Waals surface area contributed by atoms with E-state index in [0.29, 0.717) is 18.0 Å². The van der Waals surface area contributed by atoms with Crippen LogP contribution in [0.25, 0.3) is 0 Å². The Labute approximate surface area is 124 Å². The van der Waals surface area contributed by atoms with Crippen molar-refractivity contribution < 1.29 is 9.59 Å². The number of nitrogens with zero attached hydrogens (tertiary/aromatic N) is 1. The predicted molar refractivity (Wildman–Crippen MR) is 78.4 cm³/mol. The number of amides is 2. The number of benzene rings is 1. The molecule has 0 radical (unpaired) electrons.